The van der Waals surface area contributed by atoms with Gasteiger partial charge in [-0.25, -0.2) is 9.59 Å². The summed E-state index contributed by atoms with van der Waals surface area (Å²) in [7, 11) is -1.55. The topological polar surface area (TPSA) is 164 Å². The zero-order valence-corrected chi connectivity index (χ0v) is 19.8. The first-order valence-electron chi connectivity index (χ1n) is 9.72. The number of ether oxygens (including phenoxy) is 2. The minimum Gasteiger partial charge on any atom is -0.581 e. The normalized spacial score (nSPS) is 21.7. The molecule has 33 heavy (non-hydrogen) atoms. The second kappa shape index (κ2) is 11.7. The molecule has 14 heteroatoms. The Hall–Kier alpha value is -2.25. The van der Waals surface area contributed by atoms with Gasteiger partial charge in [-0.15, -0.1) is 0 Å². The van der Waals surface area contributed by atoms with Gasteiger partial charge in [-0.3, -0.25) is 14.3 Å². The van der Waals surface area contributed by atoms with Crippen molar-refractivity contribution in [2.75, 3.05) is 13.7 Å². The molecule has 1 saturated heterocycles. The van der Waals surface area contributed by atoms with Crippen LogP contribution in [0.5, 0.6) is 0 Å². The lowest BCUT2D eigenvalue weighted by molar-refractivity contribution is -0.277. The van der Waals surface area contributed by atoms with Gasteiger partial charge in [0, 0.05) is 23.7 Å². The zero-order valence-electron chi connectivity index (χ0n) is 17.3. The molecule has 2 aromatic rings. The number of aromatic nitrogens is 2. The van der Waals surface area contributed by atoms with E-state index in [0.29, 0.717) is 0 Å². The molecule has 5 atom stereocenters. The fourth-order valence-electron chi connectivity index (χ4n) is 3.13. The first-order valence-corrected chi connectivity index (χ1v) is 11.6. The minimum absolute atomic E-state index is 0.0461. The number of rotatable bonds is 9. The molecular formula is C19H21BrN3O9P. The third-order valence-electron chi connectivity index (χ3n) is 4.77. The minimum atomic E-state index is -2.74. The Morgan fingerprint density at radius 2 is 2.15 bits per heavy atom. The van der Waals surface area contributed by atoms with Gasteiger partial charge in [0.15, 0.2) is 6.04 Å². The second-order valence-electron chi connectivity index (χ2n) is 7.02. The Morgan fingerprint density at radius 3 is 2.85 bits per heavy atom. The van der Waals surface area contributed by atoms with E-state index in [2.05, 4.69) is 25.7 Å². The molecule has 0 bridgehead atoms. The molecule has 2 N–H and O–H groups in total. The summed E-state index contributed by atoms with van der Waals surface area (Å²) in [6.45, 7) is -0.324. The highest BCUT2D eigenvalue weighted by Crippen LogP contribution is 2.29. The molecule has 1 aromatic heterocycles. The number of aliphatic hydroxyl groups excluding tert-OH is 1. The van der Waals surface area contributed by atoms with E-state index in [4.69, 9.17) is 19.0 Å². The maximum Gasteiger partial charge on any atom is 0.382 e. The fraction of sp³-hybridized carbons (Fsp3) is 0.421. The van der Waals surface area contributed by atoms with Crippen LogP contribution in [0.4, 0.5) is 0 Å². The fourth-order valence-corrected chi connectivity index (χ4v) is 4.04. The molecule has 1 fully saturated rings. The molecule has 0 aliphatic carbocycles. The van der Waals surface area contributed by atoms with E-state index in [9.17, 15) is 24.4 Å². The van der Waals surface area contributed by atoms with Crippen LogP contribution in [0.3, 0.4) is 0 Å². The maximum absolute atomic E-state index is 12.2. The number of hydrogen-bond acceptors (Lipinski definition) is 10. The monoisotopic (exact) mass is 545 g/mol. The molecule has 0 radical (unpaired) electrons. The number of carbonyl (C=O) groups is 1. The van der Waals surface area contributed by atoms with Gasteiger partial charge in [-0.05, 0) is 21.5 Å². The van der Waals surface area contributed by atoms with E-state index in [1.54, 1.807) is 24.3 Å². The van der Waals surface area contributed by atoms with E-state index in [1.807, 2.05) is 6.07 Å². The lowest BCUT2D eigenvalue weighted by Crippen LogP contribution is -2.32. The van der Waals surface area contributed by atoms with Crippen LogP contribution in [0.25, 0.3) is 0 Å². The van der Waals surface area contributed by atoms with Crippen LogP contribution in [-0.4, -0.2) is 52.6 Å². The SMILES string of the molecule is COC(=O)C(Cc1ccccc1)N=[P+]([O-])OOCC1OC(n2cc(Br)c(=O)[nH]c2=O)CC1O. The molecule has 178 valence electrons. The van der Waals surface area contributed by atoms with Crippen LogP contribution >= 0.6 is 24.1 Å². The van der Waals surface area contributed by atoms with Gasteiger partial charge in [0.05, 0.1) is 17.7 Å². The number of methoxy groups -OCH3 is 1. The summed E-state index contributed by atoms with van der Waals surface area (Å²) >= 11 is 3.03. The number of aliphatic hydroxyl groups is 1. The number of H-pyrrole nitrogens is 1. The van der Waals surface area contributed by atoms with Crippen LogP contribution in [-0.2, 0) is 30.3 Å². The molecule has 1 aliphatic rings. The predicted octanol–water partition coefficient (Wildman–Crippen LogP) is 0.536. The van der Waals surface area contributed by atoms with Crippen molar-refractivity contribution in [1.82, 2.24) is 9.55 Å². The summed E-state index contributed by atoms with van der Waals surface area (Å²) in [5.74, 6) is -0.680. The Morgan fingerprint density at radius 1 is 1.42 bits per heavy atom. The highest BCUT2D eigenvalue weighted by atomic mass is 79.9. The molecule has 0 saturated carbocycles. The van der Waals surface area contributed by atoms with E-state index < -0.39 is 49.9 Å². The first-order chi connectivity index (χ1) is 15.8. The standard InChI is InChI=1S/C19H21BrN3O9P/c1-29-18(26)13(7-11-5-3-2-4-6-11)22-33(28)32-30-10-15-14(24)8-16(31-15)23-9-12(20)17(25)21-19(23)27/h2-6,9,13-16,24H,7-8,10H2,1H3,(H,21,25,27). The van der Waals surface area contributed by atoms with Crippen LogP contribution in [0.15, 0.2) is 55.3 Å². The second-order valence-corrected chi connectivity index (χ2v) is 8.73. The number of halogens is 1. The molecule has 1 aromatic carbocycles. The largest absolute Gasteiger partial charge is 0.581 e. The number of nitrogens with one attached hydrogen (secondary N) is 1. The zero-order chi connectivity index (χ0) is 24.0. The van der Waals surface area contributed by atoms with Crippen molar-refractivity contribution in [3.63, 3.8) is 0 Å². The summed E-state index contributed by atoms with van der Waals surface area (Å²) in [6, 6.07) is 7.93. The highest BCUT2D eigenvalue weighted by molar-refractivity contribution is 9.10. The summed E-state index contributed by atoms with van der Waals surface area (Å²) in [6.07, 6.45) is -1.32. The van der Waals surface area contributed by atoms with Gasteiger partial charge >= 0.3 is 19.8 Å². The van der Waals surface area contributed by atoms with Crippen molar-refractivity contribution in [2.24, 2.45) is 4.74 Å². The number of hydrogen-bond donors (Lipinski definition) is 2. The van der Waals surface area contributed by atoms with E-state index in [-0.39, 0.29) is 23.9 Å². The van der Waals surface area contributed by atoms with Crippen LogP contribution in [0.1, 0.15) is 18.2 Å². The highest BCUT2D eigenvalue weighted by Gasteiger charge is 2.36. The molecule has 12 nitrogen and oxygen atoms in total. The number of aromatic amines is 1. The van der Waals surface area contributed by atoms with Crippen LogP contribution < -0.4 is 16.1 Å². The summed E-state index contributed by atoms with van der Waals surface area (Å²) in [5, 5.41) is 10.2. The Labute approximate surface area is 196 Å². The molecule has 3 rings (SSSR count). The Kier molecular flexibility index (Phi) is 9.03. The molecule has 2 heterocycles. The van der Waals surface area contributed by atoms with Crippen molar-refractivity contribution in [3.8, 4) is 0 Å². The quantitative estimate of drug-likeness (QED) is 0.198. The van der Waals surface area contributed by atoms with Gasteiger partial charge in [0.25, 0.3) is 5.56 Å². The lowest BCUT2D eigenvalue weighted by atomic mass is 10.1. The van der Waals surface area contributed by atoms with E-state index in [1.165, 1.54) is 13.3 Å². The number of benzene rings is 1. The van der Waals surface area contributed by atoms with Crippen molar-refractivity contribution < 1.29 is 33.8 Å². The number of carbonyl (C=O) groups excluding carboxylic acids is 1. The third-order valence-corrected chi connectivity index (χ3v) is 6.03. The average Bonchev–Trinajstić information content (AvgIpc) is 3.16. The van der Waals surface area contributed by atoms with Gasteiger partial charge in [-0.2, -0.15) is 4.89 Å². The number of nitrogens with zero attached hydrogens (tertiary/aromatic N) is 2. The third kappa shape index (κ3) is 6.87. The van der Waals surface area contributed by atoms with Crippen molar-refractivity contribution in [2.45, 2.75) is 37.3 Å². The van der Waals surface area contributed by atoms with E-state index in [0.717, 1.165) is 10.1 Å². The molecule has 5 unspecified atom stereocenters. The smallest absolute Gasteiger partial charge is 0.382 e. The summed E-state index contributed by atoms with van der Waals surface area (Å²) in [5.41, 5.74) is -0.501. The van der Waals surface area contributed by atoms with Gasteiger partial charge < -0.3 is 19.5 Å². The van der Waals surface area contributed by atoms with E-state index >= 15 is 0 Å². The maximum atomic E-state index is 12.2. The average molecular weight is 546 g/mol. The Balaban J connectivity index is 1.56. The lowest BCUT2D eigenvalue weighted by Gasteiger charge is -2.15. The van der Waals surface area contributed by atoms with Crippen molar-refractivity contribution in [3.05, 3.63) is 67.4 Å². The predicted molar refractivity (Wildman–Crippen MR) is 116 cm³/mol. The summed E-state index contributed by atoms with van der Waals surface area (Å²) < 4.78 is 20.1. The Bertz CT molecular complexity index is 1110. The molecular weight excluding hydrogens is 525 g/mol. The van der Waals surface area contributed by atoms with Gasteiger partial charge in [0.2, 0.25) is 0 Å². The van der Waals surface area contributed by atoms with Crippen molar-refractivity contribution >= 4 is 30.1 Å². The summed E-state index contributed by atoms with van der Waals surface area (Å²) in [4.78, 5) is 54.6. The molecule has 0 amide bonds. The first kappa shape index (κ1) is 25.4. The molecule has 0 spiro atoms. The number of esters is 1. The van der Waals surface area contributed by atoms with Gasteiger partial charge in [-0.1, -0.05) is 35.1 Å². The van der Waals surface area contributed by atoms with Crippen LogP contribution in [0, 0.1) is 0 Å². The van der Waals surface area contributed by atoms with Crippen molar-refractivity contribution in [1.29, 1.82) is 0 Å². The van der Waals surface area contributed by atoms with Crippen LogP contribution in [0.2, 0.25) is 0 Å². The van der Waals surface area contributed by atoms with Gasteiger partial charge in [0.1, 0.15) is 18.9 Å². The molecule has 1 aliphatic heterocycles.